The molecule has 0 unspecified atom stereocenters. The molecular weight excluding hydrogens is 340 g/mol. The lowest BCUT2D eigenvalue weighted by Crippen LogP contribution is -2.17. The lowest BCUT2D eigenvalue weighted by Gasteiger charge is -2.18. The van der Waals surface area contributed by atoms with Crippen LogP contribution < -0.4 is 18.9 Å². The highest BCUT2D eigenvalue weighted by Crippen LogP contribution is 2.31. The van der Waals surface area contributed by atoms with Crippen molar-refractivity contribution in [1.82, 2.24) is 0 Å². The summed E-state index contributed by atoms with van der Waals surface area (Å²) in [5.41, 5.74) is 0.645. The van der Waals surface area contributed by atoms with E-state index in [1.807, 2.05) is 0 Å². The molecule has 1 heterocycles. The predicted octanol–water partition coefficient (Wildman–Crippen LogP) is 2.51. The van der Waals surface area contributed by atoms with Crippen LogP contribution in [0.1, 0.15) is 20.7 Å². The second-order valence-electron chi connectivity index (χ2n) is 5.43. The molecule has 0 N–H and O–H groups in total. The molecule has 3 rings (SSSR count). The first-order chi connectivity index (χ1) is 12.6. The summed E-state index contributed by atoms with van der Waals surface area (Å²) in [6, 6.07) is 9.49. The summed E-state index contributed by atoms with van der Waals surface area (Å²) in [5, 5.41) is 0. The third-order valence-electron chi connectivity index (χ3n) is 3.82. The molecule has 2 aromatic rings. The van der Waals surface area contributed by atoms with E-state index in [1.165, 1.54) is 26.4 Å². The molecule has 2 aromatic carbocycles. The van der Waals surface area contributed by atoms with Crippen LogP contribution in [0.15, 0.2) is 36.4 Å². The zero-order chi connectivity index (χ0) is 18.5. The summed E-state index contributed by atoms with van der Waals surface area (Å²) in [6.45, 7) is 0.523. The van der Waals surface area contributed by atoms with Gasteiger partial charge >= 0.3 is 5.97 Å². The van der Waals surface area contributed by atoms with Gasteiger partial charge in [0.25, 0.3) is 0 Å². The fourth-order valence-corrected chi connectivity index (χ4v) is 2.48. The molecule has 0 atom stereocenters. The van der Waals surface area contributed by atoms with Crippen molar-refractivity contribution in [2.24, 2.45) is 0 Å². The normalized spacial score (nSPS) is 12.2. The van der Waals surface area contributed by atoms with Gasteiger partial charge in [-0.2, -0.15) is 0 Å². The summed E-state index contributed by atoms with van der Waals surface area (Å²) in [6.07, 6.45) is 0. The van der Waals surface area contributed by atoms with E-state index < -0.39 is 5.97 Å². The Bertz CT molecular complexity index is 777. The second-order valence-corrected chi connectivity index (χ2v) is 5.43. The molecule has 0 bridgehead atoms. The Labute approximate surface area is 150 Å². The van der Waals surface area contributed by atoms with Gasteiger partial charge in [-0.05, 0) is 36.4 Å². The van der Waals surface area contributed by atoms with Crippen LogP contribution in [0, 0.1) is 0 Å². The van der Waals surface area contributed by atoms with Crippen molar-refractivity contribution in [1.29, 1.82) is 0 Å². The van der Waals surface area contributed by atoms with E-state index in [-0.39, 0.29) is 18.0 Å². The van der Waals surface area contributed by atoms with E-state index in [2.05, 4.69) is 0 Å². The van der Waals surface area contributed by atoms with Crippen LogP contribution in [0.4, 0.5) is 0 Å². The maximum absolute atomic E-state index is 12.3. The zero-order valence-electron chi connectivity index (χ0n) is 14.4. The number of carbonyl (C=O) groups is 2. The molecule has 0 spiro atoms. The predicted molar refractivity (Wildman–Crippen MR) is 91.6 cm³/mol. The van der Waals surface area contributed by atoms with Gasteiger partial charge in [-0.1, -0.05) is 0 Å². The smallest absolute Gasteiger partial charge is 0.338 e. The summed E-state index contributed by atoms with van der Waals surface area (Å²) < 4.78 is 26.2. The lowest BCUT2D eigenvalue weighted by atomic mass is 10.1. The molecule has 0 saturated heterocycles. The SMILES string of the molecule is COc1ccc(C(=O)OCC(=O)c2ccc3c(c2)OCCO3)cc1OC. The number of hydrogen-bond acceptors (Lipinski definition) is 7. The van der Waals surface area contributed by atoms with Gasteiger partial charge in [0.2, 0.25) is 0 Å². The van der Waals surface area contributed by atoms with Crippen molar-refractivity contribution in [2.45, 2.75) is 0 Å². The standard InChI is InChI=1S/C19H18O7/c1-22-15-5-4-13(10-17(15)23-2)19(21)26-11-14(20)12-3-6-16-18(9-12)25-8-7-24-16/h3-6,9-10H,7-8,11H2,1-2H3. The van der Waals surface area contributed by atoms with E-state index in [1.54, 1.807) is 24.3 Å². The Balaban J connectivity index is 1.65. The number of benzene rings is 2. The fraction of sp³-hybridized carbons (Fsp3) is 0.263. The highest BCUT2D eigenvalue weighted by molar-refractivity contribution is 6.00. The van der Waals surface area contributed by atoms with E-state index in [9.17, 15) is 9.59 Å². The Morgan fingerprint density at radius 3 is 2.31 bits per heavy atom. The van der Waals surface area contributed by atoms with Crippen LogP contribution >= 0.6 is 0 Å². The zero-order valence-corrected chi connectivity index (χ0v) is 14.4. The van der Waals surface area contributed by atoms with Crippen molar-refractivity contribution in [2.75, 3.05) is 34.0 Å². The van der Waals surface area contributed by atoms with Crippen molar-refractivity contribution >= 4 is 11.8 Å². The molecule has 7 heteroatoms. The minimum absolute atomic E-state index is 0.262. The van der Waals surface area contributed by atoms with Crippen molar-refractivity contribution in [3.05, 3.63) is 47.5 Å². The van der Waals surface area contributed by atoms with Crippen LogP contribution in [-0.2, 0) is 4.74 Å². The second kappa shape index (κ2) is 7.77. The van der Waals surface area contributed by atoms with Gasteiger partial charge in [0.15, 0.2) is 35.4 Å². The van der Waals surface area contributed by atoms with E-state index in [0.29, 0.717) is 41.8 Å². The minimum Gasteiger partial charge on any atom is -0.493 e. The molecule has 0 aliphatic carbocycles. The van der Waals surface area contributed by atoms with Gasteiger partial charge in [0.05, 0.1) is 19.8 Å². The summed E-state index contributed by atoms with van der Waals surface area (Å²) in [4.78, 5) is 24.4. The highest BCUT2D eigenvalue weighted by Gasteiger charge is 2.17. The monoisotopic (exact) mass is 358 g/mol. The number of hydrogen-bond donors (Lipinski definition) is 0. The minimum atomic E-state index is -0.628. The summed E-state index contributed by atoms with van der Waals surface area (Å²) in [5.74, 6) is 1.03. The van der Waals surface area contributed by atoms with Gasteiger partial charge in [-0.15, -0.1) is 0 Å². The Hall–Kier alpha value is -3.22. The summed E-state index contributed by atoms with van der Waals surface area (Å²) in [7, 11) is 2.97. The van der Waals surface area contributed by atoms with Crippen molar-refractivity contribution in [3.8, 4) is 23.0 Å². The maximum Gasteiger partial charge on any atom is 0.338 e. The number of fused-ring (bicyclic) bond motifs is 1. The Morgan fingerprint density at radius 1 is 0.885 bits per heavy atom. The average Bonchev–Trinajstić information content (AvgIpc) is 2.70. The molecule has 0 fully saturated rings. The average molecular weight is 358 g/mol. The molecule has 0 radical (unpaired) electrons. The number of esters is 1. The third-order valence-corrected chi connectivity index (χ3v) is 3.82. The molecule has 0 aromatic heterocycles. The number of carbonyl (C=O) groups excluding carboxylic acids is 2. The molecule has 0 amide bonds. The molecule has 0 saturated carbocycles. The van der Waals surface area contributed by atoms with Crippen LogP contribution in [0.3, 0.4) is 0 Å². The number of ketones is 1. The molecule has 136 valence electrons. The molecular formula is C19H18O7. The Kier molecular flexibility index (Phi) is 5.26. The quantitative estimate of drug-likeness (QED) is 0.580. The van der Waals surface area contributed by atoms with E-state index >= 15 is 0 Å². The fourth-order valence-electron chi connectivity index (χ4n) is 2.48. The van der Waals surface area contributed by atoms with Gasteiger partial charge in [-0.3, -0.25) is 4.79 Å². The third kappa shape index (κ3) is 3.72. The van der Waals surface area contributed by atoms with E-state index in [4.69, 9.17) is 23.7 Å². The first-order valence-electron chi connectivity index (χ1n) is 7.94. The molecule has 1 aliphatic heterocycles. The number of methoxy groups -OCH3 is 2. The van der Waals surface area contributed by atoms with Crippen LogP contribution in [0.2, 0.25) is 0 Å². The molecule has 26 heavy (non-hydrogen) atoms. The molecule has 7 nitrogen and oxygen atoms in total. The largest absolute Gasteiger partial charge is 0.493 e. The van der Waals surface area contributed by atoms with Gasteiger partial charge < -0.3 is 23.7 Å². The number of rotatable bonds is 6. The molecule has 1 aliphatic rings. The number of Topliss-reactive ketones (excluding diaryl/α,β-unsaturated/α-hetero) is 1. The maximum atomic E-state index is 12.3. The van der Waals surface area contributed by atoms with E-state index in [0.717, 1.165) is 0 Å². The van der Waals surface area contributed by atoms with Gasteiger partial charge in [0, 0.05) is 5.56 Å². The van der Waals surface area contributed by atoms with Crippen molar-refractivity contribution in [3.63, 3.8) is 0 Å². The first-order valence-corrected chi connectivity index (χ1v) is 7.94. The van der Waals surface area contributed by atoms with Crippen LogP contribution in [0.25, 0.3) is 0 Å². The Morgan fingerprint density at radius 2 is 1.58 bits per heavy atom. The summed E-state index contributed by atoms with van der Waals surface area (Å²) >= 11 is 0. The van der Waals surface area contributed by atoms with Gasteiger partial charge in [-0.25, -0.2) is 4.79 Å². The topological polar surface area (TPSA) is 80.3 Å². The van der Waals surface area contributed by atoms with Crippen molar-refractivity contribution < 1.29 is 33.3 Å². The highest BCUT2D eigenvalue weighted by atomic mass is 16.6. The number of ether oxygens (including phenoxy) is 5. The van der Waals surface area contributed by atoms with Crippen LogP contribution in [-0.4, -0.2) is 45.8 Å². The van der Waals surface area contributed by atoms with Gasteiger partial charge in [0.1, 0.15) is 13.2 Å². The lowest BCUT2D eigenvalue weighted by molar-refractivity contribution is 0.0474. The first kappa shape index (κ1) is 17.6. The van der Waals surface area contributed by atoms with Crippen LogP contribution in [0.5, 0.6) is 23.0 Å².